The van der Waals surface area contributed by atoms with Crippen molar-refractivity contribution >= 4 is 17.7 Å². The van der Waals surface area contributed by atoms with Gasteiger partial charge in [-0.15, -0.1) is 0 Å². The van der Waals surface area contributed by atoms with Crippen molar-refractivity contribution in [3.05, 3.63) is 59.4 Å². The molecule has 1 aliphatic rings. The molecule has 1 atom stereocenters. The van der Waals surface area contributed by atoms with Crippen LogP contribution in [0.3, 0.4) is 0 Å². The molecule has 3 rings (SSSR count). The molecule has 0 radical (unpaired) electrons. The summed E-state index contributed by atoms with van der Waals surface area (Å²) in [6.45, 7) is 3.57. The molecule has 0 spiro atoms. The van der Waals surface area contributed by atoms with Crippen molar-refractivity contribution in [1.29, 1.82) is 0 Å². The Morgan fingerprint density at radius 2 is 1.55 bits per heavy atom. The van der Waals surface area contributed by atoms with Crippen LogP contribution in [0.5, 0.6) is 11.5 Å². The summed E-state index contributed by atoms with van der Waals surface area (Å²) >= 11 is 0. The van der Waals surface area contributed by atoms with Gasteiger partial charge in [0, 0.05) is 11.1 Å². The number of rotatable bonds is 5. The molecule has 0 bridgehead atoms. The lowest BCUT2D eigenvalue weighted by molar-refractivity contribution is -0.124. The van der Waals surface area contributed by atoms with E-state index in [2.05, 4.69) is 16.2 Å². The summed E-state index contributed by atoms with van der Waals surface area (Å²) in [5, 5.41) is 2.59. The van der Waals surface area contributed by atoms with E-state index in [4.69, 9.17) is 9.47 Å². The summed E-state index contributed by atoms with van der Waals surface area (Å²) in [5.41, 5.74) is 5.11. The van der Waals surface area contributed by atoms with E-state index in [1.807, 2.05) is 0 Å². The van der Waals surface area contributed by atoms with E-state index in [0.29, 0.717) is 11.5 Å². The normalized spacial score (nSPS) is 13.0. The van der Waals surface area contributed by atoms with E-state index in [0.717, 1.165) is 12.1 Å². The summed E-state index contributed by atoms with van der Waals surface area (Å²) in [5.74, 6) is -1.42. The molecule has 2 aromatic rings. The van der Waals surface area contributed by atoms with Gasteiger partial charge in [0.2, 0.25) is 6.79 Å². The first-order chi connectivity index (χ1) is 13.8. The number of hydrogen-bond acceptors (Lipinski definition) is 5. The largest absolute Gasteiger partial charge is 0.454 e. The Bertz CT molecular complexity index is 930. The van der Waals surface area contributed by atoms with Gasteiger partial charge in [-0.05, 0) is 48.4 Å². The van der Waals surface area contributed by atoms with Crippen LogP contribution >= 0.6 is 0 Å². The lowest BCUT2D eigenvalue weighted by Gasteiger charge is -2.22. The molecule has 152 valence electrons. The molecule has 0 saturated heterocycles. The Morgan fingerprint density at radius 1 is 0.897 bits per heavy atom. The molecule has 0 aromatic heterocycles. The first kappa shape index (κ1) is 20.1. The quantitative estimate of drug-likeness (QED) is 0.663. The number of ether oxygens (including phenoxy) is 2. The first-order valence-corrected chi connectivity index (χ1v) is 8.91. The average molecular weight is 401 g/mol. The molecule has 8 nitrogen and oxygen atoms in total. The lowest BCUT2D eigenvalue weighted by Crippen LogP contribution is -2.54. The fourth-order valence-electron chi connectivity index (χ4n) is 2.67. The van der Waals surface area contributed by atoms with E-state index in [-0.39, 0.29) is 23.8 Å². The highest BCUT2D eigenvalue weighted by Crippen LogP contribution is 2.32. The predicted molar refractivity (Wildman–Crippen MR) is 101 cm³/mol. The van der Waals surface area contributed by atoms with Crippen LogP contribution in [-0.4, -0.2) is 30.6 Å². The van der Waals surface area contributed by atoms with Crippen LogP contribution in [0.25, 0.3) is 0 Å². The van der Waals surface area contributed by atoms with Crippen molar-refractivity contribution in [2.45, 2.75) is 19.9 Å². The predicted octanol–water partition coefficient (Wildman–Crippen LogP) is 1.77. The van der Waals surface area contributed by atoms with E-state index >= 15 is 0 Å². The second-order valence-electron chi connectivity index (χ2n) is 6.71. The van der Waals surface area contributed by atoms with E-state index in [1.54, 1.807) is 19.9 Å². The number of hydrogen-bond donors (Lipinski definition) is 3. The van der Waals surface area contributed by atoms with Gasteiger partial charge in [-0.3, -0.25) is 25.2 Å². The minimum atomic E-state index is -0.912. The third-order valence-electron chi connectivity index (χ3n) is 4.28. The lowest BCUT2D eigenvalue weighted by atomic mass is 10.0. The minimum absolute atomic E-state index is 0.0843. The molecule has 0 aliphatic carbocycles. The molecule has 29 heavy (non-hydrogen) atoms. The van der Waals surface area contributed by atoms with Gasteiger partial charge >= 0.3 is 0 Å². The summed E-state index contributed by atoms with van der Waals surface area (Å²) in [6, 6.07) is 8.67. The SMILES string of the molecule is CC(C)[C@H](NC(=O)c1ccc(F)cc1)C(=O)NNC(=O)c1ccc2c(c1)OCO2. The highest BCUT2D eigenvalue weighted by molar-refractivity contribution is 5.99. The number of hydrazine groups is 1. The van der Waals surface area contributed by atoms with Crippen molar-refractivity contribution in [3.8, 4) is 11.5 Å². The number of carbonyl (C=O) groups excluding carboxylic acids is 3. The Morgan fingerprint density at radius 3 is 2.24 bits per heavy atom. The Labute approximate surface area is 166 Å². The number of halogens is 1. The van der Waals surface area contributed by atoms with Crippen LogP contribution in [-0.2, 0) is 4.79 Å². The van der Waals surface area contributed by atoms with Gasteiger partial charge < -0.3 is 14.8 Å². The number of fused-ring (bicyclic) bond motifs is 1. The third-order valence-corrected chi connectivity index (χ3v) is 4.28. The summed E-state index contributed by atoms with van der Waals surface area (Å²) in [6.07, 6.45) is 0. The van der Waals surface area contributed by atoms with Gasteiger partial charge in [0.15, 0.2) is 11.5 Å². The van der Waals surface area contributed by atoms with Crippen LogP contribution in [0.2, 0.25) is 0 Å². The second-order valence-corrected chi connectivity index (χ2v) is 6.71. The molecular formula is C20H20FN3O5. The van der Waals surface area contributed by atoms with E-state index in [1.165, 1.54) is 24.3 Å². The fraction of sp³-hybridized carbons (Fsp3) is 0.250. The monoisotopic (exact) mass is 401 g/mol. The van der Waals surface area contributed by atoms with Crippen molar-refractivity contribution in [2.24, 2.45) is 5.92 Å². The van der Waals surface area contributed by atoms with Gasteiger partial charge in [-0.25, -0.2) is 4.39 Å². The van der Waals surface area contributed by atoms with Crippen LogP contribution in [0.1, 0.15) is 34.6 Å². The zero-order valence-electron chi connectivity index (χ0n) is 15.8. The van der Waals surface area contributed by atoms with E-state index in [9.17, 15) is 18.8 Å². The maximum atomic E-state index is 13.0. The summed E-state index contributed by atoms with van der Waals surface area (Å²) < 4.78 is 23.4. The Hall–Kier alpha value is -3.62. The number of amides is 3. The van der Waals surface area contributed by atoms with E-state index < -0.39 is 29.6 Å². The fourth-order valence-corrected chi connectivity index (χ4v) is 2.67. The highest BCUT2D eigenvalue weighted by atomic mass is 19.1. The standard InChI is InChI=1S/C20H20FN3O5/c1-11(2)17(22-18(25)12-3-6-14(21)7-4-12)20(27)24-23-19(26)13-5-8-15-16(9-13)29-10-28-15/h3-9,11,17H,10H2,1-2H3,(H,22,25)(H,23,26)(H,24,27)/t17-/m0/s1. The van der Waals surface area contributed by atoms with Crippen LogP contribution in [0.15, 0.2) is 42.5 Å². The molecule has 0 fully saturated rings. The Balaban J connectivity index is 1.60. The molecule has 1 heterocycles. The summed E-state index contributed by atoms with van der Waals surface area (Å²) in [4.78, 5) is 37.1. The number of nitrogens with one attached hydrogen (secondary N) is 3. The third kappa shape index (κ3) is 4.81. The van der Waals surface area contributed by atoms with Gasteiger partial charge in [0.05, 0.1) is 0 Å². The zero-order chi connectivity index (χ0) is 21.0. The molecule has 3 N–H and O–H groups in total. The molecule has 1 aliphatic heterocycles. The highest BCUT2D eigenvalue weighted by Gasteiger charge is 2.25. The smallest absolute Gasteiger partial charge is 0.269 e. The van der Waals surface area contributed by atoms with Crippen LogP contribution < -0.4 is 25.6 Å². The maximum absolute atomic E-state index is 13.0. The molecule has 0 saturated carbocycles. The van der Waals surface area contributed by atoms with Crippen LogP contribution in [0.4, 0.5) is 4.39 Å². The second kappa shape index (κ2) is 8.59. The molecule has 0 unspecified atom stereocenters. The average Bonchev–Trinajstić information content (AvgIpc) is 3.17. The first-order valence-electron chi connectivity index (χ1n) is 8.91. The van der Waals surface area contributed by atoms with Crippen molar-refractivity contribution in [1.82, 2.24) is 16.2 Å². The topological polar surface area (TPSA) is 106 Å². The molecule has 3 amide bonds. The van der Waals surface area contributed by atoms with Crippen molar-refractivity contribution < 1.29 is 28.2 Å². The summed E-state index contributed by atoms with van der Waals surface area (Å²) in [7, 11) is 0. The van der Waals surface area contributed by atoms with Gasteiger partial charge in [0.1, 0.15) is 11.9 Å². The Kier molecular flexibility index (Phi) is 5.96. The maximum Gasteiger partial charge on any atom is 0.269 e. The van der Waals surface area contributed by atoms with Gasteiger partial charge in [-0.1, -0.05) is 13.8 Å². The van der Waals surface area contributed by atoms with Crippen LogP contribution in [0, 0.1) is 11.7 Å². The molecule has 9 heteroatoms. The molecular weight excluding hydrogens is 381 g/mol. The zero-order valence-corrected chi connectivity index (χ0v) is 15.8. The number of benzene rings is 2. The van der Waals surface area contributed by atoms with Crippen molar-refractivity contribution in [3.63, 3.8) is 0 Å². The van der Waals surface area contributed by atoms with Crippen molar-refractivity contribution in [2.75, 3.05) is 6.79 Å². The minimum Gasteiger partial charge on any atom is -0.454 e. The molecule has 2 aromatic carbocycles. The number of carbonyl (C=O) groups is 3. The van der Waals surface area contributed by atoms with Gasteiger partial charge in [-0.2, -0.15) is 0 Å². The van der Waals surface area contributed by atoms with Gasteiger partial charge in [0.25, 0.3) is 17.7 Å².